The van der Waals surface area contributed by atoms with Crippen molar-refractivity contribution >= 4 is 11.7 Å². The van der Waals surface area contributed by atoms with Gasteiger partial charge in [0.25, 0.3) is 0 Å². The summed E-state index contributed by atoms with van der Waals surface area (Å²) >= 11 is 0. The largest absolute Gasteiger partial charge is 0.312 e. The fraction of sp³-hybridized carbons (Fsp3) is 0.421. The van der Waals surface area contributed by atoms with Crippen LogP contribution in [0.1, 0.15) is 33.6 Å². The maximum Gasteiger partial charge on any atom is 0.227 e. The molecule has 1 fully saturated rings. The van der Waals surface area contributed by atoms with Crippen LogP contribution in [0, 0.1) is 22.2 Å². The van der Waals surface area contributed by atoms with Gasteiger partial charge in [-0.3, -0.25) is 9.59 Å². The SMILES string of the molecule is C=C/C=C\C(=C/C)N1CC2(C=C(C#N)C(=O)C(C)(C)C2)CC1=O. The second-order valence-electron chi connectivity index (χ2n) is 6.89. The highest BCUT2D eigenvalue weighted by Crippen LogP contribution is 2.49. The Bertz CT molecular complexity index is 689. The fourth-order valence-corrected chi connectivity index (χ4v) is 3.65. The minimum absolute atomic E-state index is 0.0190. The van der Waals surface area contributed by atoms with Gasteiger partial charge in [-0.15, -0.1) is 0 Å². The van der Waals surface area contributed by atoms with Gasteiger partial charge in [-0.2, -0.15) is 5.26 Å². The van der Waals surface area contributed by atoms with Gasteiger partial charge in [0.2, 0.25) is 5.91 Å². The van der Waals surface area contributed by atoms with Crippen LogP contribution < -0.4 is 0 Å². The summed E-state index contributed by atoms with van der Waals surface area (Å²) in [6.07, 6.45) is 9.81. The first kappa shape index (κ1) is 17.0. The Labute approximate surface area is 137 Å². The lowest BCUT2D eigenvalue weighted by Gasteiger charge is -2.38. The number of amides is 1. The first-order chi connectivity index (χ1) is 10.8. The Morgan fingerprint density at radius 1 is 1.43 bits per heavy atom. The highest BCUT2D eigenvalue weighted by Gasteiger charge is 2.51. The lowest BCUT2D eigenvalue weighted by Crippen LogP contribution is -2.39. The summed E-state index contributed by atoms with van der Waals surface area (Å²) in [6.45, 7) is 9.72. The third-order valence-corrected chi connectivity index (χ3v) is 4.51. The third kappa shape index (κ3) is 3.05. The van der Waals surface area contributed by atoms with Crippen molar-refractivity contribution in [2.75, 3.05) is 6.54 Å². The number of allylic oxidation sites excluding steroid dienone is 5. The van der Waals surface area contributed by atoms with E-state index < -0.39 is 10.8 Å². The van der Waals surface area contributed by atoms with E-state index in [2.05, 4.69) is 6.58 Å². The van der Waals surface area contributed by atoms with E-state index in [0.717, 1.165) is 5.70 Å². The summed E-state index contributed by atoms with van der Waals surface area (Å²) in [5.41, 5.74) is -0.0770. The number of nitrogens with zero attached hydrogens (tertiary/aromatic N) is 2. The molecule has 0 saturated carbocycles. The van der Waals surface area contributed by atoms with Crippen LogP contribution in [0.5, 0.6) is 0 Å². The van der Waals surface area contributed by atoms with E-state index in [4.69, 9.17) is 0 Å². The van der Waals surface area contributed by atoms with E-state index in [1.54, 1.807) is 23.1 Å². The quantitative estimate of drug-likeness (QED) is 0.751. The second-order valence-corrected chi connectivity index (χ2v) is 6.89. The summed E-state index contributed by atoms with van der Waals surface area (Å²) in [4.78, 5) is 26.6. The van der Waals surface area contributed by atoms with Crippen LogP contribution in [-0.4, -0.2) is 23.1 Å². The molecule has 1 spiro atoms. The Morgan fingerprint density at radius 2 is 2.13 bits per heavy atom. The van der Waals surface area contributed by atoms with Crippen molar-refractivity contribution in [2.45, 2.75) is 33.6 Å². The Balaban J connectivity index is 2.40. The van der Waals surface area contributed by atoms with Gasteiger partial charge in [0.15, 0.2) is 5.78 Å². The zero-order chi connectivity index (χ0) is 17.3. The summed E-state index contributed by atoms with van der Waals surface area (Å²) in [5.74, 6) is -0.111. The summed E-state index contributed by atoms with van der Waals surface area (Å²) in [5, 5.41) is 9.27. The predicted molar refractivity (Wildman–Crippen MR) is 89.0 cm³/mol. The van der Waals surface area contributed by atoms with Gasteiger partial charge in [-0.25, -0.2) is 0 Å². The molecule has 1 atom stereocenters. The molecule has 4 nitrogen and oxygen atoms in total. The normalized spacial score (nSPS) is 27.5. The van der Waals surface area contributed by atoms with Gasteiger partial charge in [-0.05, 0) is 19.4 Å². The van der Waals surface area contributed by atoms with Crippen molar-refractivity contribution in [2.24, 2.45) is 10.8 Å². The maximum absolute atomic E-state index is 12.5. The minimum Gasteiger partial charge on any atom is -0.312 e. The molecule has 1 saturated heterocycles. The molecule has 2 rings (SSSR count). The van der Waals surface area contributed by atoms with Crippen LogP contribution in [-0.2, 0) is 9.59 Å². The Kier molecular flexibility index (Phi) is 4.42. The average Bonchev–Trinajstić information content (AvgIpc) is 2.79. The molecule has 1 heterocycles. The lowest BCUT2D eigenvalue weighted by atomic mass is 9.64. The number of likely N-dealkylation sites (tertiary alicyclic amines) is 1. The standard InChI is InChI=1S/C19H22N2O2/c1-5-7-8-15(6-2)21-13-19(10-16(21)22)9-14(11-20)17(23)18(3,4)12-19/h5-9H,1,10,12-13H2,2-4H3/b8-7-,15-6+. The number of rotatable bonds is 3. The molecule has 0 aromatic heterocycles. The number of carbonyl (C=O) groups excluding carboxylic acids is 2. The van der Waals surface area contributed by atoms with E-state index in [-0.39, 0.29) is 17.3 Å². The maximum atomic E-state index is 12.5. The van der Waals surface area contributed by atoms with Crippen molar-refractivity contribution in [3.05, 3.63) is 48.2 Å². The number of ketones is 1. The van der Waals surface area contributed by atoms with Crippen LogP contribution in [0.2, 0.25) is 0 Å². The number of hydrogen-bond acceptors (Lipinski definition) is 3. The van der Waals surface area contributed by atoms with Crippen molar-refractivity contribution < 1.29 is 9.59 Å². The molecule has 2 aliphatic rings. The van der Waals surface area contributed by atoms with Crippen LogP contribution >= 0.6 is 0 Å². The fourth-order valence-electron chi connectivity index (χ4n) is 3.65. The molecule has 23 heavy (non-hydrogen) atoms. The van der Waals surface area contributed by atoms with Crippen molar-refractivity contribution in [3.8, 4) is 6.07 Å². The summed E-state index contributed by atoms with van der Waals surface area (Å²) in [7, 11) is 0. The van der Waals surface area contributed by atoms with E-state index in [0.29, 0.717) is 19.4 Å². The first-order valence-corrected chi connectivity index (χ1v) is 7.72. The van der Waals surface area contributed by atoms with Gasteiger partial charge in [0.1, 0.15) is 6.07 Å². The van der Waals surface area contributed by atoms with E-state index in [1.807, 2.05) is 39.0 Å². The molecular weight excluding hydrogens is 288 g/mol. The van der Waals surface area contributed by atoms with Gasteiger partial charge >= 0.3 is 0 Å². The van der Waals surface area contributed by atoms with E-state index in [1.165, 1.54) is 0 Å². The summed E-state index contributed by atoms with van der Waals surface area (Å²) in [6, 6.07) is 2.01. The van der Waals surface area contributed by atoms with Gasteiger partial charge in [-0.1, -0.05) is 44.7 Å². The minimum atomic E-state index is -0.622. The number of Topliss-reactive ketones (excluding diaryl/α,β-unsaturated/α-hetero) is 1. The molecule has 0 aromatic rings. The van der Waals surface area contributed by atoms with Crippen LogP contribution in [0.4, 0.5) is 0 Å². The van der Waals surface area contributed by atoms with Gasteiger partial charge in [0.05, 0.1) is 5.57 Å². The van der Waals surface area contributed by atoms with Crippen LogP contribution in [0.3, 0.4) is 0 Å². The molecule has 1 aliphatic carbocycles. The van der Waals surface area contributed by atoms with Gasteiger partial charge in [0, 0.05) is 29.5 Å². The molecule has 4 heteroatoms. The number of carbonyl (C=O) groups is 2. The van der Waals surface area contributed by atoms with Gasteiger partial charge < -0.3 is 4.90 Å². The molecule has 1 aliphatic heterocycles. The molecule has 0 aromatic carbocycles. The molecule has 1 unspecified atom stereocenters. The van der Waals surface area contributed by atoms with Crippen molar-refractivity contribution in [3.63, 3.8) is 0 Å². The number of nitriles is 1. The van der Waals surface area contributed by atoms with Crippen molar-refractivity contribution in [1.82, 2.24) is 4.90 Å². The monoisotopic (exact) mass is 310 g/mol. The first-order valence-electron chi connectivity index (χ1n) is 7.72. The molecule has 0 radical (unpaired) electrons. The Morgan fingerprint density at radius 3 is 2.70 bits per heavy atom. The molecule has 0 bridgehead atoms. The van der Waals surface area contributed by atoms with Crippen LogP contribution in [0.15, 0.2) is 48.2 Å². The highest BCUT2D eigenvalue weighted by atomic mass is 16.2. The molecule has 1 amide bonds. The van der Waals surface area contributed by atoms with Crippen LogP contribution in [0.25, 0.3) is 0 Å². The zero-order valence-corrected chi connectivity index (χ0v) is 13.9. The van der Waals surface area contributed by atoms with Crippen molar-refractivity contribution in [1.29, 1.82) is 5.26 Å². The topological polar surface area (TPSA) is 61.2 Å². The van der Waals surface area contributed by atoms with E-state index in [9.17, 15) is 14.9 Å². The second kappa shape index (κ2) is 6.00. The predicted octanol–water partition coefficient (Wildman–Crippen LogP) is 3.30. The third-order valence-electron chi connectivity index (χ3n) is 4.51. The average molecular weight is 310 g/mol. The summed E-state index contributed by atoms with van der Waals surface area (Å²) < 4.78 is 0. The number of hydrogen-bond donors (Lipinski definition) is 0. The smallest absolute Gasteiger partial charge is 0.227 e. The zero-order valence-electron chi connectivity index (χ0n) is 13.9. The molecule has 120 valence electrons. The van der Waals surface area contributed by atoms with E-state index >= 15 is 0 Å². The molecule has 0 N–H and O–H groups in total. The Hall–Kier alpha value is -2.41. The molecular formula is C19H22N2O2. The lowest BCUT2D eigenvalue weighted by molar-refractivity contribution is -0.127. The highest BCUT2D eigenvalue weighted by molar-refractivity contribution is 6.04.